The summed E-state index contributed by atoms with van der Waals surface area (Å²) in [4.78, 5) is 12.6. The van der Waals surface area contributed by atoms with Crippen LogP contribution in [0.4, 0.5) is 17.1 Å². The maximum atomic E-state index is 12.6. The number of hydrogen-bond donors (Lipinski definition) is 2. The van der Waals surface area contributed by atoms with Gasteiger partial charge in [-0.2, -0.15) is 0 Å². The number of hydrogen-bond acceptors (Lipinski definition) is 6. The fraction of sp³-hybridized carbons (Fsp3) is 0.174. The van der Waals surface area contributed by atoms with Crippen LogP contribution >= 0.6 is 11.6 Å². The fourth-order valence-electron chi connectivity index (χ4n) is 3.06. The summed E-state index contributed by atoms with van der Waals surface area (Å²) >= 11 is 6.11. The normalized spacial score (nSPS) is 11.5. The second-order valence-electron chi connectivity index (χ2n) is 7.61. The van der Waals surface area contributed by atoms with Gasteiger partial charge in [-0.3, -0.25) is 13.8 Å². The summed E-state index contributed by atoms with van der Waals surface area (Å²) in [5.74, 6) is -0.0213. The van der Waals surface area contributed by atoms with Gasteiger partial charge in [0.15, 0.2) is 0 Å². The van der Waals surface area contributed by atoms with E-state index in [-0.39, 0.29) is 10.6 Å². The van der Waals surface area contributed by atoms with Crippen LogP contribution in [0.5, 0.6) is 5.75 Å². The number of halogens is 1. The number of ether oxygens (including phenoxy) is 1. The fourth-order valence-corrected chi connectivity index (χ4v) is 5.14. The van der Waals surface area contributed by atoms with Gasteiger partial charge in [0.2, 0.25) is 15.9 Å². The van der Waals surface area contributed by atoms with Gasteiger partial charge in [-0.05, 0) is 73.2 Å². The molecule has 0 heterocycles. The molecule has 0 aliphatic heterocycles. The van der Waals surface area contributed by atoms with Gasteiger partial charge in [-0.25, -0.2) is 16.8 Å². The molecule has 186 valence electrons. The highest BCUT2D eigenvalue weighted by atomic mass is 35.5. The van der Waals surface area contributed by atoms with Crippen LogP contribution in [0.3, 0.4) is 0 Å². The Labute approximate surface area is 209 Å². The third-order valence-electron chi connectivity index (χ3n) is 4.92. The minimum Gasteiger partial charge on any atom is -0.497 e. The first kappa shape index (κ1) is 26.3. The number of amides is 1. The average Bonchev–Trinajstić information content (AvgIpc) is 2.79. The van der Waals surface area contributed by atoms with Crippen LogP contribution in [-0.4, -0.2) is 42.7 Å². The van der Waals surface area contributed by atoms with Crippen LogP contribution in [0.25, 0.3) is 0 Å². The van der Waals surface area contributed by atoms with Crippen LogP contribution in [0, 0.1) is 6.92 Å². The van der Waals surface area contributed by atoms with Crippen molar-refractivity contribution in [3.05, 3.63) is 77.3 Å². The topological polar surface area (TPSA) is 122 Å². The number of carbonyl (C=O) groups excluding carboxylic acids is 1. The first-order chi connectivity index (χ1) is 16.4. The number of sulfonamides is 2. The van der Waals surface area contributed by atoms with Gasteiger partial charge in [0.25, 0.3) is 10.0 Å². The quantitative estimate of drug-likeness (QED) is 0.427. The van der Waals surface area contributed by atoms with E-state index in [1.165, 1.54) is 37.4 Å². The van der Waals surface area contributed by atoms with Gasteiger partial charge in [-0.15, -0.1) is 0 Å². The first-order valence-corrected chi connectivity index (χ1v) is 13.9. The van der Waals surface area contributed by atoms with E-state index in [0.29, 0.717) is 22.1 Å². The van der Waals surface area contributed by atoms with Crippen molar-refractivity contribution < 1.29 is 26.4 Å². The number of carbonyl (C=O) groups is 1. The van der Waals surface area contributed by atoms with Crippen LogP contribution in [0.1, 0.15) is 5.56 Å². The van der Waals surface area contributed by atoms with Crippen molar-refractivity contribution in [3.8, 4) is 5.75 Å². The smallest absolute Gasteiger partial charge is 0.261 e. The van der Waals surface area contributed by atoms with Crippen LogP contribution in [-0.2, 0) is 24.8 Å². The van der Waals surface area contributed by atoms with Crippen molar-refractivity contribution in [2.24, 2.45) is 0 Å². The largest absolute Gasteiger partial charge is 0.497 e. The van der Waals surface area contributed by atoms with Gasteiger partial charge in [0.05, 0.1) is 23.9 Å². The second kappa shape index (κ2) is 10.5. The van der Waals surface area contributed by atoms with E-state index >= 15 is 0 Å². The van der Waals surface area contributed by atoms with E-state index in [2.05, 4.69) is 10.0 Å². The standard InChI is InChI=1S/C23H24ClN3O6S2/c1-16-4-9-19(14-22(16)24)27(34(3,29)30)15-23(28)25-17-7-12-21(13-8-17)35(31,32)26-18-5-10-20(33-2)11-6-18/h4-14,26H,15H2,1-3H3,(H,25,28). The highest BCUT2D eigenvalue weighted by molar-refractivity contribution is 7.92. The third-order valence-corrected chi connectivity index (χ3v) is 7.87. The van der Waals surface area contributed by atoms with E-state index in [1.54, 1.807) is 43.3 Å². The van der Waals surface area contributed by atoms with Crippen LogP contribution in [0.2, 0.25) is 5.02 Å². The Bertz CT molecular complexity index is 1430. The average molecular weight is 538 g/mol. The zero-order valence-electron chi connectivity index (χ0n) is 19.1. The number of benzene rings is 3. The predicted octanol–water partition coefficient (Wildman–Crippen LogP) is 3.86. The molecule has 0 spiro atoms. The Morgan fingerprint density at radius 1 is 0.943 bits per heavy atom. The summed E-state index contributed by atoms with van der Waals surface area (Å²) in [5, 5.41) is 2.95. The molecule has 0 aromatic heterocycles. The van der Waals surface area contributed by atoms with Crippen LogP contribution in [0.15, 0.2) is 71.6 Å². The summed E-state index contributed by atoms with van der Waals surface area (Å²) < 4.78 is 58.3. The van der Waals surface area contributed by atoms with Crippen molar-refractivity contribution in [3.63, 3.8) is 0 Å². The lowest BCUT2D eigenvalue weighted by Crippen LogP contribution is -2.37. The number of nitrogens with zero attached hydrogens (tertiary/aromatic N) is 1. The summed E-state index contributed by atoms with van der Waals surface area (Å²) in [6.45, 7) is 1.29. The zero-order valence-corrected chi connectivity index (χ0v) is 21.5. The van der Waals surface area contributed by atoms with Gasteiger partial charge in [0, 0.05) is 16.4 Å². The molecule has 3 aromatic rings. The van der Waals surface area contributed by atoms with Gasteiger partial charge in [0.1, 0.15) is 12.3 Å². The monoisotopic (exact) mass is 537 g/mol. The number of nitrogens with one attached hydrogen (secondary N) is 2. The Morgan fingerprint density at radius 2 is 1.54 bits per heavy atom. The molecule has 2 N–H and O–H groups in total. The second-order valence-corrected chi connectivity index (χ2v) is 11.6. The van der Waals surface area contributed by atoms with E-state index in [9.17, 15) is 21.6 Å². The Hall–Kier alpha value is -3.28. The molecule has 0 aliphatic carbocycles. The maximum absolute atomic E-state index is 12.6. The third kappa shape index (κ3) is 6.87. The van der Waals surface area contributed by atoms with E-state index in [0.717, 1.165) is 16.1 Å². The predicted molar refractivity (Wildman–Crippen MR) is 137 cm³/mol. The maximum Gasteiger partial charge on any atom is 0.261 e. The lowest BCUT2D eigenvalue weighted by molar-refractivity contribution is -0.114. The SMILES string of the molecule is COc1ccc(NS(=O)(=O)c2ccc(NC(=O)CN(c3ccc(C)c(Cl)c3)S(C)(=O)=O)cc2)cc1. The van der Waals surface area contributed by atoms with E-state index in [4.69, 9.17) is 16.3 Å². The Kier molecular flexibility index (Phi) is 7.93. The highest BCUT2D eigenvalue weighted by Gasteiger charge is 2.22. The summed E-state index contributed by atoms with van der Waals surface area (Å²) in [6, 6.07) is 16.6. The highest BCUT2D eigenvalue weighted by Crippen LogP contribution is 2.25. The van der Waals surface area contributed by atoms with Crippen LogP contribution < -0.4 is 19.1 Å². The van der Waals surface area contributed by atoms with Crippen molar-refractivity contribution in [2.45, 2.75) is 11.8 Å². The molecule has 0 saturated heterocycles. The molecular formula is C23H24ClN3O6S2. The lowest BCUT2D eigenvalue weighted by atomic mass is 10.2. The summed E-state index contributed by atoms with van der Waals surface area (Å²) in [7, 11) is -6.13. The molecule has 12 heteroatoms. The minimum absolute atomic E-state index is 0.0154. The number of aryl methyl sites for hydroxylation is 1. The molecule has 9 nitrogen and oxygen atoms in total. The molecule has 3 aromatic carbocycles. The molecular weight excluding hydrogens is 514 g/mol. The first-order valence-electron chi connectivity index (χ1n) is 10.2. The molecule has 0 aliphatic rings. The molecule has 0 radical (unpaired) electrons. The van der Waals surface area contributed by atoms with Crippen molar-refractivity contribution in [1.29, 1.82) is 0 Å². The number of methoxy groups -OCH3 is 1. The van der Waals surface area contributed by atoms with Gasteiger partial charge in [-0.1, -0.05) is 17.7 Å². The van der Waals surface area contributed by atoms with Crippen molar-refractivity contribution in [1.82, 2.24) is 0 Å². The molecule has 35 heavy (non-hydrogen) atoms. The van der Waals surface area contributed by atoms with E-state index < -0.39 is 32.5 Å². The lowest BCUT2D eigenvalue weighted by Gasteiger charge is -2.22. The van der Waals surface area contributed by atoms with E-state index in [1.807, 2.05) is 0 Å². The molecule has 0 fully saturated rings. The molecule has 0 unspecified atom stereocenters. The number of rotatable bonds is 9. The summed E-state index contributed by atoms with van der Waals surface area (Å²) in [6.07, 6.45) is 0.990. The van der Waals surface area contributed by atoms with Gasteiger partial charge >= 0.3 is 0 Å². The zero-order chi connectivity index (χ0) is 25.8. The molecule has 3 rings (SSSR count). The summed E-state index contributed by atoms with van der Waals surface area (Å²) in [5.41, 5.74) is 1.68. The molecule has 0 atom stereocenters. The molecule has 0 saturated carbocycles. The van der Waals surface area contributed by atoms with Crippen molar-refractivity contribution >= 4 is 54.6 Å². The Morgan fingerprint density at radius 3 is 2.09 bits per heavy atom. The Balaban J connectivity index is 1.70. The number of anilines is 3. The minimum atomic E-state index is -3.86. The van der Waals surface area contributed by atoms with Gasteiger partial charge < -0.3 is 10.1 Å². The molecule has 1 amide bonds. The molecule has 0 bridgehead atoms. The van der Waals surface area contributed by atoms with Crippen molar-refractivity contribution in [2.75, 3.05) is 34.3 Å².